The van der Waals surface area contributed by atoms with Crippen LogP contribution in [0.1, 0.15) is 188 Å². The van der Waals surface area contributed by atoms with Crippen molar-refractivity contribution in [2.45, 2.75) is 188 Å². The Bertz CT molecular complexity index is 419. The maximum atomic E-state index is 12.5. The average Bonchev–Trinajstić information content (AvgIpc) is 2.86. The summed E-state index contributed by atoms with van der Waals surface area (Å²) >= 11 is 0. The van der Waals surface area contributed by atoms with Gasteiger partial charge in [0.05, 0.1) is 12.5 Å². The molecule has 0 spiro atoms. The lowest BCUT2D eigenvalue weighted by Crippen LogP contribution is -2.20. The third-order valence-electron chi connectivity index (χ3n) is 7.79. The Balaban J connectivity index is 4.05. The quantitative estimate of drug-likeness (QED) is 0.0798. The van der Waals surface area contributed by atoms with Gasteiger partial charge in [-0.1, -0.05) is 169 Å². The van der Waals surface area contributed by atoms with Gasteiger partial charge in [-0.2, -0.15) is 0 Å². The number of hydrogen-bond acceptors (Lipinski definition) is 2. The fraction of sp³-hybridized carbons (Fsp3) is 0.970. The zero-order valence-corrected chi connectivity index (χ0v) is 24.9. The van der Waals surface area contributed by atoms with E-state index in [0.717, 1.165) is 12.8 Å². The lowest BCUT2D eigenvalue weighted by molar-refractivity contribution is -0.149. The van der Waals surface area contributed by atoms with Crippen molar-refractivity contribution in [1.82, 2.24) is 0 Å². The van der Waals surface area contributed by atoms with Gasteiger partial charge in [0.2, 0.25) is 0 Å². The standard InChI is InChI=1S/C33H66O2/c1-5-8-11-14-16-17-18-19-20-21-23-26-29-32(28-25-22-15-12-9-6-2)30-35-33(34)31(4)27-24-13-10-7-3/h31-32H,5-30H2,1-4H3. The number of carbonyl (C=O) groups is 1. The molecule has 2 unspecified atom stereocenters. The second-order valence-corrected chi connectivity index (χ2v) is 11.5. The van der Waals surface area contributed by atoms with Crippen molar-refractivity contribution in [1.29, 1.82) is 0 Å². The predicted molar refractivity (Wildman–Crippen MR) is 156 cm³/mol. The van der Waals surface area contributed by atoms with E-state index >= 15 is 0 Å². The Morgan fingerprint density at radius 1 is 0.486 bits per heavy atom. The van der Waals surface area contributed by atoms with Crippen molar-refractivity contribution < 1.29 is 9.53 Å². The van der Waals surface area contributed by atoms with Crippen molar-refractivity contribution >= 4 is 5.97 Å². The molecule has 35 heavy (non-hydrogen) atoms. The van der Waals surface area contributed by atoms with Gasteiger partial charge in [-0.3, -0.25) is 4.79 Å². The zero-order valence-electron chi connectivity index (χ0n) is 24.9. The van der Waals surface area contributed by atoms with E-state index in [-0.39, 0.29) is 11.9 Å². The molecule has 0 aliphatic heterocycles. The molecule has 2 heteroatoms. The number of ether oxygens (including phenoxy) is 1. The second-order valence-electron chi connectivity index (χ2n) is 11.5. The first kappa shape index (κ1) is 34.5. The summed E-state index contributed by atoms with van der Waals surface area (Å²) in [5.74, 6) is 0.679. The van der Waals surface area contributed by atoms with Crippen LogP contribution in [0.5, 0.6) is 0 Å². The minimum absolute atomic E-state index is 0.0455. The number of rotatable bonds is 28. The van der Waals surface area contributed by atoms with Crippen molar-refractivity contribution in [3.05, 3.63) is 0 Å². The average molecular weight is 495 g/mol. The van der Waals surface area contributed by atoms with E-state index in [1.807, 2.05) is 0 Å². The SMILES string of the molecule is CCCCCCCCCCCCCCC(CCCCCCCC)COC(=O)C(C)CCCCCC. The molecule has 0 bridgehead atoms. The van der Waals surface area contributed by atoms with Crippen LogP contribution in [0.25, 0.3) is 0 Å². The summed E-state index contributed by atoms with van der Waals surface area (Å²) in [5, 5.41) is 0. The fourth-order valence-electron chi connectivity index (χ4n) is 5.14. The maximum Gasteiger partial charge on any atom is 0.308 e. The van der Waals surface area contributed by atoms with E-state index in [9.17, 15) is 4.79 Å². The van der Waals surface area contributed by atoms with Crippen LogP contribution in [0, 0.1) is 11.8 Å². The number of unbranched alkanes of at least 4 members (excludes halogenated alkanes) is 19. The molecule has 0 saturated heterocycles. The van der Waals surface area contributed by atoms with Gasteiger partial charge in [0, 0.05) is 0 Å². The number of carbonyl (C=O) groups excluding carboxylic acids is 1. The van der Waals surface area contributed by atoms with Crippen LogP contribution in [0.2, 0.25) is 0 Å². The molecule has 0 fully saturated rings. The first-order valence-corrected chi connectivity index (χ1v) is 16.3. The van der Waals surface area contributed by atoms with Crippen LogP contribution in [0.15, 0.2) is 0 Å². The van der Waals surface area contributed by atoms with Crippen molar-refractivity contribution in [3.8, 4) is 0 Å². The fourth-order valence-corrected chi connectivity index (χ4v) is 5.14. The van der Waals surface area contributed by atoms with Crippen LogP contribution in [-0.2, 0) is 9.53 Å². The molecule has 0 heterocycles. The largest absolute Gasteiger partial charge is 0.465 e. The van der Waals surface area contributed by atoms with E-state index in [0.29, 0.717) is 12.5 Å². The van der Waals surface area contributed by atoms with E-state index in [1.165, 1.54) is 148 Å². The Morgan fingerprint density at radius 3 is 1.20 bits per heavy atom. The van der Waals surface area contributed by atoms with Crippen molar-refractivity contribution in [2.75, 3.05) is 6.61 Å². The molecular weight excluding hydrogens is 428 g/mol. The normalized spacial score (nSPS) is 13.1. The Kier molecular flexibility index (Phi) is 27.6. The summed E-state index contributed by atoms with van der Waals surface area (Å²) in [6, 6.07) is 0. The maximum absolute atomic E-state index is 12.5. The molecule has 0 aliphatic rings. The molecule has 0 saturated carbocycles. The highest BCUT2D eigenvalue weighted by Gasteiger charge is 2.17. The molecular formula is C33H66O2. The summed E-state index contributed by atoms with van der Waals surface area (Å²) in [7, 11) is 0. The van der Waals surface area contributed by atoms with E-state index in [4.69, 9.17) is 4.74 Å². The molecule has 0 aromatic carbocycles. The summed E-state index contributed by atoms with van der Waals surface area (Å²) in [5.41, 5.74) is 0. The highest BCUT2D eigenvalue weighted by molar-refractivity contribution is 5.71. The lowest BCUT2D eigenvalue weighted by Gasteiger charge is -2.19. The van der Waals surface area contributed by atoms with Crippen molar-refractivity contribution in [2.24, 2.45) is 11.8 Å². The molecule has 0 N–H and O–H groups in total. The second kappa shape index (κ2) is 28.0. The van der Waals surface area contributed by atoms with Gasteiger partial charge >= 0.3 is 5.97 Å². The predicted octanol–water partition coefficient (Wildman–Crippen LogP) is 11.6. The van der Waals surface area contributed by atoms with Gasteiger partial charge in [0.1, 0.15) is 0 Å². The zero-order chi connectivity index (χ0) is 25.8. The van der Waals surface area contributed by atoms with E-state index in [2.05, 4.69) is 27.7 Å². The summed E-state index contributed by atoms with van der Waals surface area (Å²) in [6.45, 7) is 9.52. The molecule has 210 valence electrons. The van der Waals surface area contributed by atoms with Crippen LogP contribution in [-0.4, -0.2) is 12.6 Å². The molecule has 0 aromatic heterocycles. The minimum atomic E-state index is 0.0455. The number of esters is 1. The van der Waals surface area contributed by atoms with Crippen LogP contribution in [0.4, 0.5) is 0 Å². The number of hydrogen-bond donors (Lipinski definition) is 0. The molecule has 2 atom stereocenters. The molecule has 0 aromatic rings. The van der Waals surface area contributed by atoms with Gasteiger partial charge in [0.15, 0.2) is 0 Å². The summed E-state index contributed by atoms with van der Waals surface area (Å²) in [4.78, 5) is 12.5. The highest BCUT2D eigenvalue weighted by Crippen LogP contribution is 2.21. The lowest BCUT2D eigenvalue weighted by atomic mass is 9.94. The van der Waals surface area contributed by atoms with Gasteiger partial charge in [-0.25, -0.2) is 0 Å². The molecule has 0 amide bonds. The van der Waals surface area contributed by atoms with Gasteiger partial charge < -0.3 is 4.74 Å². The van der Waals surface area contributed by atoms with Gasteiger partial charge in [-0.15, -0.1) is 0 Å². The first-order valence-electron chi connectivity index (χ1n) is 16.3. The van der Waals surface area contributed by atoms with E-state index < -0.39 is 0 Å². The molecule has 0 aliphatic carbocycles. The van der Waals surface area contributed by atoms with Crippen LogP contribution < -0.4 is 0 Å². The molecule has 2 nitrogen and oxygen atoms in total. The van der Waals surface area contributed by atoms with Crippen LogP contribution >= 0.6 is 0 Å². The smallest absolute Gasteiger partial charge is 0.308 e. The molecule has 0 rings (SSSR count). The van der Waals surface area contributed by atoms with Crippen LogP contribution in [0.3, 0.4) is 0 Å². The highest BCUT2D eigenvalue weighted by atomic mass is 16.5. The van der Waals surface area contributed by atoms with E-state index in [1.54, 1.807) is 0 Å². The van der Waals surface area contributed by atoms with Crippen molar-refractivity contribution in [3.63, 3.8) is 0 Å². The Labute approximate surface area is 222 Å². The summed E-state index contributed by atoms with van der Waals surface area (Å²) in [6.07, 6.45) is 33.3. The molecule has 0 radical (unpaired) electrons. The minimum Gasteiger partial charge on any atom is -0.465 e. The third-order valence-corrected chi connectivity index (χ3v) is 7.79. The Hall–Kier alpha value is -0.530. The Morgan fingerprint density at radius 2 is 0.800 bits per heavy atom. The monoisotopic (exact) mass is 495 g/mol. The summed E-state index contributed by atoms with van der Waals surface area (Å²) < 4.78 is 5.84. The third kappa shape index (κ3) is 24.9. The first-order chi connectivity index (χ1) is 17.2. The van der Waals surface area contributed by atoms with Gasteiger partial charge in [-0.05, 0) is 25.2 Å². The van der Waals surface area contributed by atoms with Gasteiger partial charge in [0.25, 0.3) is 0 Å². The topological polar surface area (TPSA) is 26.3 Å².